The standard InChI is InChI=1S/C32H40O12/c1-18-25(37-16-23-12-8-6-9-13-23)27(29(31(36)39-18)38-17-24-14-10-7-11-15-24)44-32-30(43-22(5)35)28(42-21(4)34)26(19(2)40-32)41-20(3)33/h6-15,18-19,25-32,36H,16-17H2,1-5H3/t18-,19+,25+,26+,27+,28-,29-,30-,31-,32+/m1/s1. The van der Waals surface area contributed by atoms with Crippen LogP contribution in [-0.2, 0) is 65.5 Å². The second kappa shape index (κ2) is 15.6. The van der Waals surface area contributed by atoms with Crippen LogP contribution in [0.4, 0.5) is 0 Å². The number of ether oxygens (including phenoxy) is 8. The van der Waals surface area contributed by atoms with Crippen molar-refractivity contribution in [3.63, 3.8) is 0 Å². The lowest BCUT2D eigenvalue weighted by Crippen LogP contribution is -2.65. The highest BCUT2D eigenvalue weighted by molar-refractivity contribution is 5.68. The summed E-state index contributed by atoms with van der Waals surface area (Å²) in [6.07, 6.45) is -10.9. The maximum absolute atomic E-state index is 12.3. The number of hydrogen-bond donors (Lipinski definition) is 1. The van der Waals surface area contributed by atoms with Crippen molar-refractivity contribution in [1.29, 1.82) is 0 Å². The molecule has 12 heteroatoms. The Balaban J connectivity index is 1.67. The summed E-state index contributed by atoms with van der Waals surface area (Å²) in [5, 5.41) is 11.1. The van der Waals surface area contributed by atoms with Gasteiger partial charge in [-0.2, -0.15) is 0 Å². The summed E-state index contributed by atoms with van der Waals surface area (Å²) in [6.45, 7) is 7.22. The summed E-state index contributed by atoms with van der Waals surface area (Å²) in [5.74, 6) is -2.05. The van der Waals surface area contributed by atoms with Gasteiger partial charge in [0.15, 0.2) is 30.9 Å². The molecule has 4 rings (SSSR count). The van der Waals surface area contributed by atoms with Gasteiger partial charge in [-0.1, -0.05) is 60.7 Å². The molecule has 0 radical (unpaired) electrons. The zero-order chi connectivity index (χ0) is 31.8. The second-order valence-electron chi connectivity index (χ2n) is 10.8. The van der Waals surface area contributed by atoms with Crippen LogP contribution in [0.1, 0.15) is 45.7 Å². The highest BCUT2D eigenvalue weighted by atomic mass is 16.7. The van der Waals surface area contributed by atoms with E-state index in [9.17, 15) is 19.5 Å². The molecule has 0 bridgehead atoms. The van der Waals surface area contributed by atoms with Crippen molar-refractivity contribution in [2.24, 2.45) is 0 Å². The maximum Gasteiger partial charge on any atom is 0.303 e. The summed E-state index contributed by atoms with van der Waals surface area (Å²) >= 11 is 0. The molecule has 10 atom stereocenters. The Labute approximate surface area is 256 Å². The van der Waals surface area contributed by atoms with Gasteiger partial charge in [0.1, 0.15) is 18.3 Å². The van der Waals surface area contributed by atoms with Crippen LogP contribution in [0, 0.1) is 0 Å². The lowest BCUT2D eigenvalue weighted by molar-refractivity contribution is -0.360. The van der Waals surface area contributed by atoms with Crippen LogP contribution in [0.5, 0.6) is 0 Å². The zero-order valence-corrected chi connectivity index (χ0v) is 25.4. The van der Waals surface area contributed by atoms with Crippen molar-refractivity contribution in [3.05, 3.63) is 71.8 Å². The van der Waals surface area contributed by atoms with Gasteiger partial charge in [-0.3, -0.25) is 14.4 Å². The van der Waals surface area contributed by atoms with Crippen LogP contribution in [0.25, 0.3) is 0 Å². The fraction of sp³-hybridized carbons (Fsp3) is 0.531. The number of aliphatic hydroxyl groups is 1. The quantitative estimate of drug-likeness (QED) is 0.293. The van der Waals surface area contributed by atoms with E-state index in [4.69, 9.17) is 37.9 Å². The van der Waals surface area contributed by atoms with Crippen molar-refractivity contribution in [1.82, 2.24) is 0 Å². The molecule has 2 aromatic carbocycles. The molecule has 0 aromatic heterocycles. The molecule has 2 aliphatic heterocycles. The molecule has 0 unspecified atom stereocenters. The highest BCUT2D eigenvalue weighted by Crippen LogP contribution is 2.34. The third-order valence-corrected chi connectivity index (χ3v) is 7.24. The molecule has 0 spiro atoms. The van der Waals surface area contributed by atoms with Crippen LogP contribution in [0.2, 0.25) is 0 Å². The Kier molecular flexibility index (Phi) is 11.8. The van der Waals surface area contributed by atoms with E-state index in [0.29, 0.717) is 0 Å². The molecule has 0 aliphatic carbocycles. The SMILES string of the molecule is CC(=O)O[C@@H]1[C@@H](OC(C)=O)[C@H](C)O[C@@H](O[C@@H]2[C@@H](OCc3ccccc3)[C@H](O)O[C@H](C)[C@@H]2OCc2ccccc2)[C@@H]1OC(C)=O. The topological polar surface area (TPSA) is 145 Å². The van der Waals surface area contributed by atoms with Crippen molar-refractivity contribution in [2.45, 2.75) is 109 Å². The first kappa shape index (κ1) is 33.5. The number of esters is 3. The number of carbonyl (C=O) groups excluding carboxylic acids is 3. The summed E-state index contributed by atoms with van der Waals surface area (Å²) in [5.41, 5.74) is 1.74. The van der Waals surface area contributed by atoms with Crippen LogP contribution in [0.15, 0.2) is 60.7 Å². The molecule has 2 saturated heterocycles. The third-order valence-electron chi connectivity index (χ3n) is 7.24. The Bertz CT molecular complexity index is 1170. The first-order chi connectivity index (χ1) is 21.0. The van der Waals surface area contributed by atoms with E-state index in [1.54, 1.807) is 13.8 Å². The average Bonchev–Trinajstić information content (AvgIpc) is 2.97. The number of hydrogen-bond acceptors (Lipinski definition) is 12. The Morgan fingerprint density at radius 2 is 1.07 bits per heavy atom. The molecule has 12 nitrogen and oxygen atoms in total. The van der Waals surface area contributed by atoms with Gasteiger partial charge in [0.2, 0.25) is 0 Å². The summed E-state index contributed by atoms with van der Waals surface area (Å²) in [7, 11) is 0. The van der Waals surface area contributed by atoms with Gasteiger partial charge in [-0.25, -0.2) is 0 Å². The van der Waals surface area contributed by atoms with Crippen LogP contribution < -0.4 is 0 Å². The largest absolute Gasteiger partial charge is 0.456 e. The first-order valence-corrected chi connectivity index (χ1v) is 14.5. The number of rotatable bonds is 11. The van der Waals surface area contributed by atoms with Gasteiger partial charge in [0.25, 0.3) is 0 Å². The number of carbonyl (C=O) groups is 3. The monoisotopic (exact) mass is 616 g/mol. The normalized spacial score (nSPS) is 32.0. The van der Waals surface area contributed by atoms with Gasteiger partial charge < -0.3 is 43.0 Å². The van der Waals surface area contributed by atoms with E-state index in [0.717, 1.165) is 11.1 Å². The number of benzene rings is 2. The van der Waals surface area contributed by atoms with Gasteiger partial charge in [0.05, 0.1) is 25.4 Å². The van der Waals surface area contributed by atoms with E-state index < -0.39 is 79.3 Å². The van der Waals surface area contributed by atoms with Crippen LogP contribution in [-0.4, -0.2) is 84.4 Å². The Morgan fingerprint density at radius 3 is 1.59 bits per heavy atom. The van der Waals surface area contributed by atoms with E-state index in [1.807, 2.05) is 60.7 Å². The van der Waals surface area contributed by atoms with E-state index in [1.165, 1.54) is 20.8 Å². The molecule has 44 heavy (non-hydrogen) atoms. The third kappa shape index (κ3) is 8.84. The molecular formula is C32H40O12. The maximum atomic E-state index is 12.3. The fourth-order valence-electron chi connectivity index (χ4n) is 5.32. The molecule has 2 aromatic rings. The minimum absolute atomic E-state index is 0.117. The van der Waals surface area contributed by atoms with Gasteiger partial charge in [-0.05, 0) is 25.0 Å². The molecule has 2 aliphatic rings. The summed E-state index contributed by atoms with van der Waals surface area (Å²) < 4.78 is 47.5. The molecule has 1 N–H and O–H groups in total. The highest BCUT2D eigenvalue weighted by Gasteiger charge is 2.54. The van der Waals surface area contributed by atoms with E-state index >= 15 is 0 Å². The van der Waals surface area contributed by atoms with Crippen molar-refractivity contribution in [3.8, 4) is 0 Å². The minimum atomic E-state index is -1.42. The molecule has 240 valence electrons. The van der Waals surface area contributed by atoms with E-state index in [-0.39, 0.29) is 13.2 Å². The lowest BCUT2D eigenvalue weighted by atomic mass is 9.96. The Morgan fingerprint density at radius 1 is 0.614 bits per heavy atom. The fourth-order valence-corrected chi connectivity index (χ4v) is 5.32. The second-order valence-corrected chi connectivity index (χ2v) is 10.8. The molecule has 2 heterocycles. The van der Waals surface area contributed by atoms with Gasteiger partial charge >= 0.3 is 17.9 Å². The van der Waals surface area contributed by atoms with Crippen LogP contribution in [0.3, 0.4) is 0 Å². The number of aliphatic hydroxyl groups excluding tert-OH is 1. The predicted molar refractivity (Wildman–Crippen MR) is 152 cm³/mol. The Hall–Kier alpha value is -3.39. The average molecular weight is 617 g/mol. The zero-order valence-electron chi connectivity index (χ0n) is 25.4. The predicted octanol–water partition coefficient (Wildman–Crippen LogP) is 2.82. The molecule has 0 amide bonds. The molecule has 2 fully saturated rings. The smallest absolute Gasteiger partial charge is 0.303 e. The van der Waals surface area contributed by atoms with Crippen molar-refractivity contribution < 1.29 is 57.4 Å². The van der Waals surface area contributed by atoms with Gasteiger partial charge in [0, 0.05) is 20.8 Å². The lowest BCUT2D eigenvalue weighted by Gasteiger charge is -2.48. The first-order valence-electron chi connectivity index (χ1n) is 14.5. The van der Waals surface area contributed by atoms with Gasteiger partial charge in [-0.15, -0.1) is 0 Å². The summed E-state index contributed by atoms with van der Waals surface area (Å²) in [4.78, 5) is 36.3. The van der Waals surface area contributed by atoms with Crippen LogP contribution >= 0.6 is 0 Å². The minimum Gasteiger partial charge on any atom is -0.456 e. The van der Waals surface area contributed by atoms with Crippen molar-refractivity contribution in [2.75, 3.05) is 0 Å². The molecular weight excluding hydrogens is 576 g/mol. The summed E-state index contributed by atoms with van der Waals surface area (Å²) in [6, 6.07) is 18.8. The van der Waals surface area contributed by atoms with Crippen molar-refractivity contribution >= 4 is 17.9 Å². The molecule has 0 saturated carbocycles. The van der Waals surface area contributed by atoms with E-state index in [2.05, 4.69) is 0 Å².